The fourth-order valence-corrected chi connectivity index (χ4v) is 6.48. The fraction of sp³-hybridized carbons (Fsp3) is 0.0952. The Morgan fingerprint density at radius 2 is 0.891 bits per heavy atom. The summed E-state index contributed by atoms with van der Waals surface area (Å²) in [5.74, 6) is 1.21. The van der Waals surface area contributed by atoms with Crippen molar-refractivity contribution >= 4 is 0 Å². The molecule has 0 bridgehead atoms. The van der Waals surface area contributed by atoms with E-state index in [2.05, 4.69) is 118 Å². The monoisotopic (exact) mass is 592 g/mol. The summed E-state index contributed by atoms with van der Waals surface area (Å²) in [4.78, 5) is 20.4. The molecule has 8 rings (SSSR count). The summed E-state index contributed by atoms with van der Waals surface area (Å²) >= 11 is 0. The lowest BCUT2D eigenvalue weighted by atomic mass is 9.82. The number of rotatable bonds is 5. The second-order valence-corrected chi connectivity index (χ2v) is 12.5. The van der Waals surface area contributed by atoms with Gasteiger partial charge in [0.2, 0.25) is 0 Å². The molecule has 2 aromatic heterocycles. The van der Waals surface area contributed by atoms with E-state index in [4.69, 9.17) is 19.9 Å². The average Bonchev–Trinajstić information content (AvgIpc) is 3.34. The molecule has 7 aromatic rings. The molecule has 1 aliphatic carbocycles. The van der Waals surface area contributed by atoms with E-state index in [1.165, 1.54) is 27.8 Å². The molecule has 0 saturated carbocycles. The summed E-state index contributed by atoms with van der Waals surface area (Å²) < 4.78 is 0. The molecule has 0 atom stereocenters. The van der Waals surface area contributed by atoms with Crippen LogP contribution >= 0.6 is 0 Å². The first-order valence-electron chi connectivity index (χ1n) is 15.7. The van der Waals surface area contributed by atoms with Gasteiger partial charge in [0.05, 0.1) is 17.1 Å². The second kappa shape index (κ2) is 11.0. The molecule has 2 heterocycles. The number of aryl methyl sites for hydroxylation is 1. The number of nitrogens with zero attached hydrogens (tertiary/aromatic N) is 4. The zero-order valence-electron chi connectivity index (χ0n) is 26.1. The predicted octanol–water partition coefficient (Wildman–Crippen LogP) is 10.2. The molecule has 0 radical (unpaired) electrons. The maximum atomic E-state index is 5.15. The average molecular weight is 593 g/mol. The van der Waals surface area contributed by atoms with Crippen molar-refractivity contribution in [1.29, 1.82) is 0 Å². The third-order valence-corrected chi connectivity index (χ3v) is 9.01. The number of hydrogen-bond acceptors (Lipinski definition) is 4. The van der Waals surface area contributed by atoms with Gasteiger partial charge in [0.1, 0.15) is 5.69 Å². The van der Waals surface area contributed by atoms with Gasteiger partial charge in [0.25, 0.3) is 0 Å². The SMILES string of the molecule is Cc1ccc(-c2nc(-c3ccc4c(c3)C(C)(C)c3ccccc3-4)cc(-c3nc(-c4ccccc4)cc(-c4ccccc4)n3)n2)cc1. The molecule has 0 spiro atoms. The lowest BCUT2D eigenvalue weighted by Gasteiger charge is -2.22. The zero-order valence-corrected chi connectivity index (χ0v) is 26.1. The molecule has 5 aromatic carbocycles. The van der Waals surface area contributed by atoms with Crippen molar-refractivity contribution < 1.29 is 0 Å². The Balaban J connectivity index is 1.33. The Kier molecular flexibility index (Phi) is 6.65. The summed E-state index contributed by atoms with van der Waals surface area (Å²) in [6.45, 7) is 6.70. The van der Waals surface area contributed by atoms with Crippen LogP contribution < -0.4 is 0 Å². The second-order valence-electron chi connectivity index (χ2n) is 12.5. The molecule has 4 heteroatoms. The Hall–Kier alpha value is -5.74. The molecule has 4 nitrogen and oxygen atoms in total. The van der Waals surface area contributed by atoms with Crippen molar-refractivity contribution in [3.8, 4) is 67.8 Å². The van der Waals surface area contributed by atoms with E-state index in [-0.39, 0.29) is 5.41 Å². The number of fused-ring (bicyclic) bond motifs is 3. The normalized spacial score (nSPS) is 12.8. The van der Waals surface area contributed by atoms with Gasteiger partial charge in [0, 0.05) is 27.7 Å². The zero-order chi connectivity index (χ0) is 31.3. The molecule has 46 heavy (non-hydrogen) atoms. The van der Waals surface area contributed by atoms with Crippen LogP contribution in [0, 0.1) is 6.92 Å². The van der Waals surface area contributed by atoms with Gasteiger partial charge < -0.3 is 0 Å². The highest BCUT2D eigenvalue weighted by atomic mass is 15.0. The lowest BCUT2D eigenvalue weighted by molar-refractivity contribution is 0.660. The van der Waals surface area contributed by atoms with Crippen LogP contribution in [0.1, 0.15) is 30.5 Å². The Morgan fingerprint density at radius 1 is 0.391 bits per heavy atom. The summed E-state index contributed by atoms with van der Waals surface area (Å²) in [5.41, 5.74) is 13.6. The summed E-state index contributed by atoms with van der Waals surface area (Å²) in [6, 6.07) is 48.4. The van der Waals surface area contributed by atoms with Crippen LogP contribution in [0.2, 0.25) is 0 Å². The maximum absolute atomic E-state index is 5.15. The van der Waals surface area contributed by atoms with E-state index in [0.29, 0.717) is 17.3 Å². The molecule has 0 amide bonds. The predicted molar refractivity (Wildman–Crippen MR) is 187 cm³/mol. The molecule has 0 fully saturated rings. The van der Waals surface area contributed by atoms with Crippen molar-refractivity contribution in [3.05, 3.63) is 156 Å². The van der Waals surface area contributed by atoms with Crippen molar-refractivity contribution in [1.82, 2.24) is 19.9 Å². The molecule has 220 valence electrons. The molecular weight excluding hydrogens is 560 g/mol. The van der Waals surface area contributed by atoms with Crippen LogP contribution in [0.4, 0.5) is 0 Å². The first kappa shape index (κ1) is 27.8. The first-order chi connectivity index (χ1) is 22.4. The minimum absolute atomic E-state index is 0.116. The van der Waals surface area contributed by atoms with Crippen LogP contribution in [0.3, 0.4) is 0 Å². The van der Waals surface area contributed by atoms with Gasteiger partial charge in [-0.2, -0.15) is 0 Å². The number of hydrogen-bond donors (Lipinski definition) is 0. The van der Waals surface area contributed by atoms with Gasteiger partial charge in [-0.25, -0.2) is 19.9 Å². The van der Waals surface area contributed by atoms with E-state index >= 15 is 0 Å². The molecule has 0 aliphatic heterocycles. The Labute approximate surface area is 269 Å². The largest absolute Gasteiger partial charge is 0.228 e. The number of benzene rings is 5. The van der Waals surface area contributed by atoms with Gasteiger partial charge in [-0.05, 0) is 47.4 Å². The highest BCUT2D eigenvalue weighted by Crippen LogP contribution is 2.49. The molecule has 0 N–H and O–H groups in total. The lowest BCUT2D eigenvalue weighted by Crippen LogP contribution is -2.14. The van der Waals surface area contributed by atoms with E-state index in [9.17, 15) is 0 Å². The van der Waals surface area contributed by atoms with Gasteiger partial charge in [-0.3, -0.25) is 0 Å². The molecule has 1 aliphatic rings. The van der Waals surface area contributed by atoms with Crippen LogP contribution in [-0.4, -0.2) is 19.9 Å². The van der Waals surface area contributed by atoms with Crippen LogP contribution in [0.5, 0.6) is 0 Å². The van der Waals surface area contributed by atoms with Crippen LogP contribution in [0.25, 0.3) is 67.8 Å². The third kappa shape index (κ3) is 4.89. The van der Waals surface area contributed by atoms with E-state index in [0.717, 1.165) is 39.3 Å². The van der Waals surface area contributed by atoms with E-state index in [1.807, 2.05) is 42.5 Å². The van der Waals surface area contributed by atoms with E-state index < -0.39 is 0 Å². The highest BCUT2D eigenvalue weighted by Gasteiger charge is 2.35. The Bertz CT molecular complexity index is 2160. The molecule has 0 saturated heterocycles. The standard InChI is InChI=1S/C42H32N4/c1-27-18-20-30(21-19-27)40-43-38(31-22-23-33-32-16-10-11-17-34(32)42(2,3)35(33)24-31)26-39(46-40)41-44-36(28-12-6-4-7-13-28)25-37(45-41)29-14-8-5-9-15-29/h4-26H,1-3H3. The van der Waals surface area contributed by atoms with E-state index in [1.54, 1.807) is 0 Å². The fourth-order valence-electron chi connectivity index (χ4n) is 6.48. The van der Waals surface area contributed by atoms with Gasteiger partial charge >= 0.3 is 0 Å². The van der Waals surface area contributed by atoms with Crippen LogP contribution in [0.15, 0.2) is 140 Å². The number of aromatic nitrogens is 4. The summed E-state index contributed by atoms with van der Waals surface area (Å²) in [6.07, 6.45) is 0. The minimum Gasteiger partial charge on any atom is -0.228 e. The Morgan fingerprint density at radius 3 is 1.57 bits per heavy atom. The van der Waals surface area contributed by atoms with Gasteiger partial charge in [-0.15, -0.1) is 0 Å². The van der Waals surface area contributed by atoms with Crippen molar-refractivity contribution in [3.63, 3.8) is 0 Å². The van der Waals surface area contributed by atoms with Crippen LogP contribution in [-0.2, 0) is 5.41 Å². The summed E-state index contributed by atoms with van der Waals surface area (Å²) in [7, 11) is 0. The van der Waals surface area contributed by atoms with Gasteiger partial charge in [0.15, 0.2) is 11.6 Å². The minimum atomic E-state index is -0.116. The highest BCUT2D eigenvalue weighted by molar-refractivity contribution is 5.84. The van der Waals surface area contributed by atoms with Crippen molar-refractivity contribution in [2.75, 3.05) is 0 Å². The maximum Gasteiger partial charge on any atom is 0.179 e. The van der Waals surface area contributed by atoms with Gasteiger partial charge in [-0.1, -0.05) is 141 Å². The summed E-state index contributed by atoms with van der Waals surface area (Å²) in [5, 5.41) is 0. The molecular formula is C42H32N4. The van der Waals surface area contributed by atoms with Crippen molar-refractivity contribution in [2.45, 2.75) is 26.2 Å². The topological polar surface area (TPSA) is 51.6 Å². The first-order valence-corrected chi connectivity index (χ1v) is 15.7. The molecule has 0 unspecified atom stereocenters. The third-order valence-electron chi connectivity index (χ3n) is 9.01. The van der Waals surface area contributed by atoms with Crippen molar-refractivity contribution in [2.24, 2.45) is 0 Å². The quantitative estimate of drug-likeness (QED) is 0.200. The smallest absolute Gasteiger partial charge is 0.179 e.